The minimum atomic E-state index is 0.628. The Morgan fingerprint density at radius 2 is 2.15 bits per heavy atom. The van der Waals surface area contributed by atoms with E-state index in [4.69, 9.17) is 11.1 Å². The Bertz CT molecular complexity index is 257. The van der Waals surface area contributed by atoms with E-state index in [2.05, 4.69) is 13.5 Å². The van der Waals surface area contributed by atoms with Gasteiger partial charge in [-0.15, -0.1) is 0 Å². The molecular formula is C11H16N2. The van der Waals surface area contributed by atoms with Gasteiger partial charge in [0, 0.05) is 11.9 Å². The first-order chi connectivity index (χ1) is 6.22. The molecule has 0 radical (unpaired) electrons. The van der Waals surface area contributed by atoms with Crippen molar-refractivity contribution in [1.29, 1.82) is 5.41 Å². The van der Waals surface area contributed by atoms with E-state index in [1.165, 1.54) is 6.21 Å². The van der Waals surface area contributed by atoms with E-state index in [1.807, 2.05) is 12.2 Å². The molecule has 0 aromatic rings. The summed E-state index contributed by atoms with van der Waals surface area (Å²) < 4.78 is 0. The van der Waals surface area contributed by atoms with E-state index in [1.54, 1.807) is 18.2 Å². The van der Waals surface area contributed by atoms with Crippen LogP contribution in [0.5, 0.6) is 0 Å². The average molecular weight is 176 g/mol. The fourth-order valence-electron chi connectivity index (χ4n) is 0.675. The molecule has 0 aliphatic rings. The molecule has 0 aliphatic heterocycles. The molecule has 13 heavy (non-hydrogen) atoms. The highest BCUT2D eigenvalue weighted by Gasteiger charge is 1.89. The number of allylic oxidation sites excluding steroid dienone is 5. The van der Waals surface area contributed by atoms with Gasteiger partial charge >= 0.3 is 0 Å². The molecule has 0 spiro atoms. The minimum Gasteiger partial charge on any atom is -0.398 e. The monoisotopic (exact) mass is 176 g/mol. The molecule has 0 amide bonds. The summed E-state index contributed by atoms with van der Waals surface area (Å²) in [5.74, 6) is 0. The number of nitrogens with one attached hydrogen (secondary N) is 1. The van der Waals surface area contributed by atoms with Gasteiger partial charge in [-0.25, -0.2) is 0 Å². The van der Waals surface area contributed by atoms with Crippen LogP contribution in [0.1, 0.15) is 13.3 Å². The van der Waals surface area contributed by atoms with Gasteiger partial charge in [0.05, 0.1) is 0 Å². The van der Waals surface area contributed by atoms with E-state index in [0.717, 1.165) is 12.0 Å². The third kappa shape index (κ3) is 5.67. The molecule has 3 N–H and O–H groups in total. The van der Waals surface area contributed by atoms with Crippen molar-refractivity contribution in [1.82, 2.24) is 0 Å². The Morgan fingerprint density at radius 1 is 1.46 bits per heavy atom. The molecule has 2 heteroatoms. The normalized spacial score (nSPS) is 12.5. The van der Waals surface area contributed by atoms with Crippen molar-refractivity contribution in [2.24, 2.45) is 5.73 Å². The Labute approximate surface area is 79.7 Å². The van der Waals surface area contributed by atoms with Crippen molar-refractivity contribution < 1.29 is 0 Å². The van der Waals surface area contributed by atoms with Gasteiger partial charge in [0.2, 0.25) is 0 Å². The van der Waals surface area contributed by atoms with E-state index < -0.39 is 0 Å². The standard InChI is InChI=1S/C11H16N2/c1-3-4-5-8-11(13)10(2)7-6-9-12/h4-9,12H,2-3,13H2,1H3/b5-4-,7-6-,11-8-,12-9?. The summed E-state index contributed by atoms with van der Waals surface area (Å²) in [7, 11) is 0. The fourth-order valence-corrected chi connectivity index (χ4v) is 0.675. The molecule has 0 unspecified atom stereocenters. The zero-order valence-corrected chi connectivity index (χ0v) is 7.96. The van der Waals surface area contributed by atoms with Crippen molar-refractivity contribution in [3.8, 4) is 0 Å². The van der Waals surface area contributed by atoms with Gasteiger partial charge in [-0.2, -0.15) is 0 Å². The van der Waals surface area contributed by atoms with Gasteiger partial charge in [-0.3, -0.25) is 0 Å². The average Bonchev–Trinajstić information content (AvgIpc) is 2.14. The van der Waals surface area contributed by atoms with Crippen LogP contribution in [0.4, 0.5) is 0 Å². The maximum absolute atomic E-state index is 6.78. The molecule has 0 fully saturated rings. The third-order valence-electron chi connectivity index (χ3n) is 1.41. The maximum Gasteiger partial charge on any atom is 0.0381 e. The quantitative estimate of drug-likeness (QED) is 0.491. The second-order valence-corrected chi connectivity index (χ2v) is 2.51. The minimum absolute atomic E-state index is 0.628. The molecule has 70 valence electrons. The smallest absolute Gasteiger partial charge is 0.0381 e. The predicted octanol–water partition coefficient (Wildman–Crippen LogP) is 2.56. The predicted molar refractivity (Wildman–Crippen MR) is 58.8 cm³/mol. The molecule has 0 bridgehead atoms. The second-order valence-electron chi connectivity index (χ2n) is 2.51. The molecule has 0 rings (SSSR count). The lowest BCUT2D eigenvalue weighted by molar-refractivity contribution is 1.22. The second kappa shape index (κ2) is 7.10. The van der Waals surface area contributed by atoms with Crippen molar-refractivity contribution in [2.45, 2.75) is 13.3 Å². The fraction of sp³-hybridized carbons (Fsp3) is 0.182. The van der Waals surface area contributed by atoms with Crippen LogP contribution in [0.2, 0.25) is 0 Å². The van der Waals surface area contributed by atoms with Gasteiger partial charge in [-0.05, 0) is 24.1 Å². The first kappa shape index (κ1) is 11.4. The summed E-state index contributed by atoms with van der Waals surface area (Å²) in [4.78, 5) is 0. The lowest BCUT2D eigenvalue weighted by atomic mass is 10.2. The van der Waals surface area contributed by atoms with Gasteiger partial charge in [0.15, 0.2) is 0 Å². The summed E-state index contributed by atoms with van der Waals surface area (Å²) in [5.41, 5.74) is 7.04. The summed E-state index contributed by atoms with van der Waals surface area (Å²) in [6.07, 6.45) is 11.2. The van der Waals surface area contributed by atoms with Crippen LogP contribution in [-0.4, -0.2) is 6.21 Å². The van der Waals surface area contributed by atoms with Crippen molar-refractivity contribution in [3.05, 3.63) is 48.2 Å². The van der Waals surface area contributed by atoms with Gasteiger partial charge in [0.1, 0.15) is 0 Å². The summed E-state index contributed by atoms with van der Waals surface area (Å²) >= 11 is 0. The van der Waals surface area contributed by atoms with E-state index in [0.29, 0.717) is 5.70 Å². The number of hydrogen-bond acceptors (Lipinski definition) is 2. The molecule has 0 atom stereocenters. The molecule has 0 aliphatic carbocycles. The van der Waals surface area contributed by atoms with Crippen LogP contribution in [0.25, 0.3) is 0 Å². The topological polar surface area (TPSA) is 49.9 Å². The summed E-state index contributed by atoms with van der Waals surface area (Å²) in [6, 6.07) is 0. The van der Waals surface area contributed by atoms with Gasteiger partial charge in [-0.1, -0.05) is 31.7 Å². The number of nitrogens with two attached hydrogens (primary N) is 1. The van der Waals surface area contributed by atoms with Crippen molar-refractivity contribution in [3.63, 3.8) is 0 Å². The van der Waals surface area contributed by atoms with Crippen molar-refractivity contribution >= 4 is 6.21 Å². The SMILES string of the molecule is C=C(/C=C\C=N)/C(N)=C/C=C\CC. The maximum atomic E-state index is 6.78. The Hall–Kier alpha value is -1.57. The third-order valence-corrected chi connectivity index (χ3v) is 1.41. The molecule has 0 aromatic heterocycles. The molecule has 0 saturated heterocycles. The lowest BCUT2D eigenvalue weighted by Crippen LogP contribution is -1.97. The van der Waals surface area contributed by atoms with E-state index >= 15 is 0 Å². The van der Waals surface area contributed by atoms with Crippen LogP contribution in [0, 0.1) is 5.41 Å². The summed E-state index contributed by atoms with van der Waals surface area (Å²) in [6.45, 7) is 5.81. The Balaban J connectivity index is 4.24. The molecule has 0 heterocycles. The van der Waals surface area contributed by atoms with Crippen LogP contribution >= 0.6 is 0 Å². The van der Waals surface area contributed by atoms with Crippen LogP contribution in [0.15, 0.2) is 48.2 Å². The molecule has 0 saturated carbocycles. The highest BCUT2D eigenvalue weighted by Crippen LogP contribution is 2.02. The Morgan fingerprint density at radius 3 is 2.69 bits per heavy atom. The zero-order chi connectivity index (χ0) is 10.1. The van der Waals surface area contributed by atoms with E-state index in [9.17, 15) is 0 Å². The number of hydrogen-bond donors (Lipinski definition) is 2. The first-order valence-corrected chi connectivity index (χ1v) is 4.21. The van der Waals surface area contributed by atoms with Crippen LogP contribution in [-0.2, 0) is 0 Å². The first-order valence-electron chi connectivity index (χ1n) is 4.21. The molecular weight excluding hydrogens is 160 g/mol. The summed E-state index contributed by atoms with van der Waals surface area (Å²) in [5, 5.41) is 6.78. The van der Waals surface area contributed by atoms with Gasteiger partial charge < -0.3 is 11.1 Å². The van der Waals surface area contributed by atoms with Crippen LogP contribution < -0.4 is 5.73 Å². The van der Waals surface area contributed by atoms with Crippen molar-refractivity contribution in [2.75, 3.05) is 0 Å². The highest BCUT2D eigenvalue weighted by molar-refractivity contribution is 5.69. The zero-order valence-electron chi connectivity index (χ0n) is 7.96. The Kier molecular flexibility index (Phi) is 6.24. The van der Waals surface area contributed by atoms with E-state index in [-0.39, 0.29) is 0 Å². The highest BCUT2D eigenvalue weighted by atomic mass is 14.6. The largest absolute Gasteiger partial charge is 0.398 e. The van der Waals surface area contributed by atoms with Gasteiger partial charge in [0.25, 0.3) is 0 Å². The lowest BCUT2D eigenvalue weighted by Gasteiger charge is -1.96. The molecule has 0 aromatic carbocycles. The molecule has 2 nitrogen and oxygen atoms in total. The van der Waals surface area contributed by atoms with Crippen LogP contribution in [0.3, 0.4) is 0 Å². The number of rotatable bonds is 5.